The number of piperazine rings is 1. The summed E-state index contributed by atoms with van der Waals surface area (Å²) in [5.74, 6) is -1.23. The molecule has 10 nitrogen and oxygen atoms in total. The van der Waals surface area contributed by atoms with E-state index in [0.29, 0.717) is 37.3 Å². The number of hydrogen-bond donors (Lipinski definition) is 2. The van der Waals surface area contributed by atoms with Gasteiger partial charge in [-0.3, -0.25) is 4.90 Å². The zero-order chi connectivity index (χ0) is 31.7. The number of aromatic hydroxyl groups is 1. The summed E-state index contributed by atoms with van der Waals surface area (Å²) in [5.41, 5.74) is -0.642. The van der Waals surface area contributed by atoms with E-state index >= 15 is 4.39 Å². The van der Waals surface area contributed by atoms with Gasteiger partial charge in [-0.1, -0.05) is 6.07 Å². The van der Waals surface area contributed by atoms with Crippen LogP contribution in [0.15, 0.2) is 24.3 Å². The normalized spacial score (nSPS) is 25.8. The molecule has 4 atom stereocenters. The second kappa shape index (κ2) is 11.0. The smallest absolute Gasteiger partial charge is 0.319 e. The molecule has 2 unspecified atom stereocenters. The van der Waals surface area contributed by atoms with Gasteiger partial charge in [0.1, 0.15) is 40.9 Å². The maximum atomic E-state index is 17.0. The van der Waals surface area contributed by atoms with Crippen LogP contribution in [0.25, 0.3) is 32.9 Å². The second-order valence-corrected chi connectivity index (χ2v) is 12.9. The Morgan fingerprint density at radius 3 is 2.59 bits per heavy atom. The molecule has 4 fully saturated rings. The van der Waals surface area contributed by atoms with Gasteiger partial charge in [0.2, 0.25) is 5.88 Å². The van der Waals surface area contributed by atoms with Gasteiger partial charge in [-0.25, -0.2) is 18.2 Å². The molecule has 2 bridgehead atoms. The van der Waals surface area contributed by atoms with Crippen molar-refractivity contribution >= 4 is 27.5 Å². The summed E-state index contributed by atoms with van der Waals surface area (Å²) in [6.45, 7) is 2.64. The topological polar surface area (TPSA) is 105 Å². The van der Waals surface area contributed by atoms with E-state index in [9.17, 15) is 13.9 Å². The molecule has 8 rings (SSSR count). The number of benzene rings is 2. The molecule has 2 aromatic heterocycles. The summed E-state index contributed by atoms with van der Waals surface area (Å²) in [6.07, 6.45) is 3.23. The zero-order valence-corrected chi connectivity index (χ0v) is 25.7. The van der Waals surface area contributed by atoms with Crippen LogP contribution >= 0.6 is 0 Å². The van der Waals surface area contributed by atoms with Crippen LogP contribution in [0.3, 0.4) is 0 Å². The highest BCUT2D eigenvalue weighted by molar-refractivity contribution is 6.04. The fourth-order valence-corrected chi connectivity index (χ4v) is 8.12. The van der Waals surface area contributed by atoms with Gasteiger partial charge in [-0.05, 0) is 55.8 Å². The molecule has 46 heavy (non-hydrogen) atoms. The Balaban J connectivity index is 1.32. The van der Waals surface area contributed by atoms with E-state index in [1.54, 1.807) is 0 Å². The lowest BCUT2D eigenvalue weighted by Gasteiger charge is -2.34. The zero-order valence-electron chi connectivity index (χ0n) is 25.7. The van der Waals surface area contributed by atoms with Crippen LogP contribution in [0.5, 0.6) is 23.4 Å². The maximum Gasteiger partial charge on any atom is 0.319 e. The van der Waals surface area contributed by atoms with Gasteiger partial charge in [-0.15, -0.1) is 0 Å². The monoisotopic (exact) mass is 636 g/mol. The van der Waals surface area contributed by atoms with Crippen LogP contribution in [0, 0.1) is 11.6 Å². The first-order valence-electron chi connectivity index (χ1n) is 15.7. The molecule has 6 heterocycles. The lowest BCUT2D eigenvalue weighted by Crippen LogP contribution is -2.51. The second-order valence-electron chi connectivity index (χ2n) is 12.9. The summed E-state index contributed by atoms with van der Waals surface area (Å²) in [5, 5.41) is 15.2. The van der Waals surface area contributed by atoms with Gasteiger partial charge in [-0.2, -0.15) is 9.97 Å². The molecule has 4 aromatic rings. The average molecular weight is 637 g/mol. The van der Waals surface area contributed by atoms with E-state index < -0.39 is 23.3 Å². The average Bonchev–Trinajstić information content (AvgIpc) is 3.70. The van der Waals surface area contributed by atoms with Crippen LogP contribution in [0.2, 0.25) is 0 Å². The van der Waals surface area contributed by atoms with Crippen molar-refractivity contribution in [2.75, 3.05) is 51.9 Å². The van der Waals surface area contributed by atoms with Crippen molar-refractivity contribution in [2.24, 2.45) is 0 Å². The summed E-state index contributed by atoms with van der Waals surface area (Å²) >= 11 is 0. The Labute approximate surface area is 263 Å². The molecule has 0 saturated carbocycles. The highest BCUT2D eigenvalue weighted by atomic mass is 19.1. The summed E-state index contributed by atoms with van der Waals surface area (Å²) in [6, 6.07) is 5.94. The van der Waals surface area contributed by atoms with E-state index in [-0.39, 0.29) is 69.6 Å². The molecule has 0 spiro atoms. The highest BCUT2D eigenvalue weighted by Gasteiger charge is 2.49. The minimum absolute atomic E-state index is 0.0283. The number of methoxy groups -OCH3 is 2. The van der Waals surface area contributed by atoms with Crippen LogP contribution in [0.1, 0.15) is 32.1 Å². The third kappa shape index (κ3) is 4.65. The van der Waals surface area contributed by atoms with Gasteiger partial charge in [0, 0.05) is 49.1 Å². The standard InChI is InChI=1S/C33H35F3N6O4/c1-44-29-23(35)7-4-17-10-21(43)11-22(24(17)29)27-26(36)28-25(31(38-27)45-2)30(41-14-19-5-6-20(15-41)37-19)40-32(39-28)46-16-33-8-3-9-42(33)13-18(34)12-33/h4,7,10-11,18-20,37,43H,3,5-6,8-9,12-16H2,1-2H3/t18-,19?,20?,33+/m1/s1. The number of halogens is 3. The van der Waals surface area contributed by atoms with Crippen molar-refractivity contribution in [1.29, 1.82) is 0 Å². The van der Waals surface area contributed by atoms with Crippen molar-refractivity contribution < 1.29 is 32.5 Å². The van der Waals surface area contributed by atoms with Crippen molar-refractivity contribution in [2.45, 2.75) is 55.9 Å². The van der Waals surface area contributed by atoms with Gasteiger partial charge in [0.25, 0.3) is 0 Å². The molecule has 2 aromatic carbocycles. The molecular weight excluding hydrogens is 601 g/mol. The number of hydrogen-bond acceptors (Lipinski definition) is 10. The molecule has 4 aliphatic heterocycles. The van der Waals surface area contributed by atoms with Crippen molar-refractivity contribution in [3.63, 3.8) is 0 Å². The Morgan fingerprint density at radius 2 is 1.83 bits per heavy atom. The van der Waals surface area contributed by atoms with Gasteiger partial charge < -0.3 is 29.5 Å². The molecule has 13 heteroatoms. The van der Waals surface area contributed by atoms with Crippen molar-refractivity contribution in [3.8, 4) is 34.6 Å². The van der Waals surface area contributed by atoms with E-state index in [0.717, 1.165) is 32.2 Å². The largest absolute Gasteiger partial charge is 0.508 e. The first-order valence-corrected chi connectivity index (χ1v) is 15.7. The number of aromatic nitrogens is 3. The number of nitrogens with one attached hydrogen (secondary N) is 1. The van der Waals surface area contributed by atoms with E-state index in [1.807, 2.05) is 0 Å². The number of alkyl halides is 1. The minimum atomic E-state index is -0.928. The predicted octanol–water partition coefficient (Wildman–Crippen LogP) is 4.74. The number of pyridine rings is 1. The van der Waals surface area contributed by atoms with E-state index in [1.165, 1.54) is 38.5 Å². The molecule has 0 amide bonds. The molecule has 0 aliphatic carbocycles. The van der Waals surface area contributed by atoms with Gasteiger partial charge >= 0.3 is 6.01 Å². The third-order valence-corrected chi connectivity index (χ3v) is 10.1. The Hall–Kier alpha value is -4.10. The van der Waals surface area contributed by atoms with Crippen LogP contribution in [-0.4, -0.2) is 95.8 Å². The lowest BCUT2D eigenvalue weighted by atomic mass is 9.95. The number of rotatable bonds is 7. The predicted molar refractivity (Wildman–Crippen MR) is 166 cm³/mol. The van der Waals surface area contributed by atoms with Crippen molar-refractivity contribution in [3.05, 3.63) is 35.9 Å². The molecular formula is C33H35F3N6O4. The van der Waals surface area contributed by atoms with E-state index in [4.69, 9.17) is 19.2 Å². The Morgan fingerprint density at radius 1 is 1.02 bits per heavy atom. The van der Waals surface area contributed by atoms with Crippen LogP contribution < -0.4 is 24.4 Å². The number of nitrogens with zero attached hydrogens (tertiary/aromatic N) is 5. The fourth-order valence-electron chi connectivity index (χ4n) is 8.12. The summed E-state index contributed by atoms with van der Waals surface area (Å²) in [7, 11) is 2.75. The highest BCUT2D eigenvalue weighted by Crippen LogP contribution is 2.45. The first-order chi connectivity index (χ1) is 22.3. The number of phenolic OH excluding ortho intramolecular Hbond substituents is 1. The lowest BCUT2D eigenvalue weighted by molar-refractivity contribution is 0.107. The van der Waals surface area contributed by atoms with Crippen LogP contribution in [0.4, 0.5) is 19.0 Å². The number of phenols is 1. The van der Waals surface area contributed by atoms with E-state index in [2.05, 4.69) is 25.1 Å². The Kier molecular flexibility index (Phi) is 7.02. The molecule has 0 radical (unpaired) electrons. The van der Waals surface area contributed by atoms with Gasteiger partial charge in [0.15, 0.2) is 17.4 Å². The summed E-state index contributed by atoms with van der Waals surface area (Å²) < 4.78 is 63.8. The maximum absolute atomic E-state index is 17.0. The number of fused-ring (bicyclic) bond motifs is 5. The fraction of sp³-hybridized carbons (Fsp3) is 0.485. The number of anilines is 1. The quantitative estimate of drug-likeness (QED) is 0.296. The first kappa shape index (κ1) is 29.3. The van der Waals surface area contributed by atoms with Crippen molar-refractivity contribution in [1.82, 2.24) is 25.2 Å². The molecule has 2 N–H and O–H groups in total. The number of ether oxygens (including phenoxy) is 3. The summed E-state index contributed by atoms with van der Waals surface area (Å²) in [4.78, 5) is 18.2. The van der Waals surface area contributed by atoms with Crippen LogP contribution in [-0.2, 0) is 0 Å². The molecule has 4 saturated heterocycles. The SMILES string of the molecule is COc1c(F)ccc2cc(O)cc(-c3nc(OC)c4c(N5CC6CCC(C5)N6)nc(OC[C@@]56CCCN5C[C@H](F)C6)nc4c3F)c12. The minimum Gasteiger partial charge on any atom is -0.508 e. The van der Waals surface area contributed by atoms with Gasteiger partial charge in [0.05, 0.1) is 19.8 Å². The third-order valence-electron chi connectivity index (χ3n) is 10.1. The Bertz CT molecular complexity index is 1850. The molecule has 242 valence electrons. The molecule has 4 aliphatic rings.